The lowest BCUT2D eigenvalue weighted by Gasteiger charge is -2.26. The number of benzene rings is 2. The van der Waals surface area contributed by atoms with Gasteiger partial charge < -0.3 is 20.0 Å². The number of halogens is 1. The number of aliphatic carboxylic acids is 1. The Kier molecular flexibility index (Phi) is 7.55. The average molecular weight is 371 g/mol. The van der Waals surface area contributed by atoms with E-state index >= 15 is 0 Å². The van der Waals surface area contributed by atoms with E-state index in [4.69, 9.17) is 9.84 Å². The molecule has 142 valence electrons. The number of rotatable bonds is 11. The number of carbonyl (C=O) groups is 2. The zero-order valence-corrected chi connectivity index (χ0v) is 14.8. The van der Waals surface area contributed by atoms with Crippen LogP contribution in [0.25, 0.3) is 0 Å². The van der Waals surface area contributed by atoms with Crippen LogP contribution in [0.15, 0.2) is 61.2 Å². The van der Waals surface area contributed by atoms with E-state index in [2.05, 4.69) is 11.9 Å². The molecule has 0 amide bonds. The van der Waals surface area contributed by atoms with Crippen LogP contribution < -0.4 is 10.1 Å². The Labute approximate surface area is 157 Å². The molecule has 0 heterocycles. The molecule has 2 atom stereocenters. The van der Waals surface area contributed by atoms with Gasteiger partial charge >= 0.3 is 5.97 Å². The quantitative estimate of drug-likeness (QED) is 0.457. The Bertz CT molecular complexity index is 759. The third-order valence-electron chi connectivity index (χ3n) is 4.07. The lowest BCUT2D eigenvalue weighted by molar-refractivity contribution is -0.137. The number of carboxylic acids is 1. The molecule has 0 radical (unpaired) electrons. The zero-order valence-electron chi connectivity index (χ0n) is 14.8. The van der Waals surface area contributed by atoms with Crippen molar-refractivity contribution in [2.24, 2.45) is 5.92 Å². The van der Waals surface area contributed by atoms with Crippen LogP contribution in [0, 0.1) is 11.7 Å². The van der Waals surface area contributed by atoms with Crippen LogP contribution in [-0.4, -0.2) is 24.0 Å². The molecule has 0 aromatic heterocycles. The van der Waals surface area contributed by atoms with Gasteiger partial charge in [0.2, 0.25) is 0 Å². The minimum absolute atomic E-state index is 0.120. The monoisotopic (exact) mass is 371 g/mol. The molecular formula is C21H22FNO4. The summed E-state index contributed by atoms with van der Waals surface area (Å²) < 4.78 is 18.6. The summed E-state index contributed by atoms with van der Waals surface area (Å²) >= 11 is 0. The zero-order chi connectivity index (χ0) is 19.6. The number of carbonyl (C=O) groups excluding carboxylic acids is 1. The molecule has 2 N–H and O–H groups in total. The molecule has 0 saturated heterocycles. The summed E-state index contributed by atoms with van der Waals surface area (Å²) in [5.41, 5.74) is 1.43. The van der Waals surface area contributed by atoms with E-state index in [0.29, 0.717) is 18.0 Å². The Morgan fingerprint density at radius 2 is 1.85 bits per heavy atom. The number of aldehydes is 1. The van der Waals surface area contributed by atoms with Gasteiger partial charge in [0.05, 0.1) is 6.04 Å². The van der Waals surface area contributed by atoms with Crippen molar-refractivity contribution in [1.82, 2.24) is 0 Å². The van der Waals surface area contributed by atoms with Crippen molar-refractivity contribution in [3.05, 3.63) is 72.6 Å². The second kappa shape index (κ2) is 10.1. The largest absolute Gasteiger partial charge is 0.490 e. The van der Waals surface area contributed by atoms with Crippen molar-refractivity contribution < 1.29 is 23.8 Å². The van der Waals surface area contributed by atoms with Gasteiger partial charge in [0, 0.05) is 18.0 Å². The smallest absolute Gasteiger partial charge is 0.303 e. The number of ether oxygens (including phenoxy) is 1. The minimum atomic E-state index is -0.962. The molecule has 2 aromatic rings. The van der Waals surface area contributed by atoms with Crippen LogP contribution in [0.1, 0.15) is 24.4 Å². The highest BCUT2D eigenvalue weighted by Crippen LogP contribution is 2.30. The van der Waals surface area contributed by atoms with Crippen molar-refractivity contribution >= 4 is 17.9 Å². The highest BCUT2D eigenvalue weighted by atomic mass is 19.1. The number of hydrogen-bond donors (Lipinski definition) is 2. The number of nitrogens with one attached hydrogen (secondary N) is 1. The summed E-state index contributed by atoms with van der Waals surface area (Å²) in [7, 11) is 0. The van der Waals surface area contributed by atoms with E-state index in [1.807, 2.05) is 12.1 Å². The summed E-state index contributed by atoms with van der Waals surface area (Å²) in [6, 6.07) is 12.5. The molecule has 0 aliphatic rings. The first-order chi connectivity index (χ1) is 13.0. The number of anilines is 1. The number of carboxylic acid groups (broad SMARTS) is 1. The SMILES string of the molecule is C=CCOc1ccc([C@@H](Nc2ccc(F)cc2)[C@H](C=O)CCC(=O)O)cc1. The average Bonchev–Trinajstić information content (AvgIpc) is 2.67. The molecule has 0 aliphatic carbocycles. The molecule has 0 unspecified atom stereocenters. The van der Waals surface area contributed by atoms with Crippen LogP contribution in [0.5, 0.6) is 5.75 Å². The summed E-state index contributed by atoms with van der Waals surface area (Å²) in [6.07, 6.45) is 2.46. The van der Waals surface area contributed by atoms with Crippen molar-refractivity contribution in [2.75, 3.05) is 11.9 Å². The molecule has 2 rings (SSSR count). The van der Waals surface area contributed by atoms with Crippen LogP contribution in [0.2, 0.25) is 0 Å². The second-order valence-electron chi connectivity index (χ2n) is 6.03. The molecule has 0 bridgehead atoms. The van der Waals surface area contributed by atoms with Gasteiger partial charge in [-0.2, -0.15) is 0 Å². The first-order valence-electron chi connectivity index (χ1n) is 8.56. The molecule has 27 heavy (non-hydrogen) atoms. The molecule has 5 nitrogen and oxygen atoms in total. The maximum Gasteiger partial charge on any atom is 0.303 e. The summed E-state index contributed by atoms with van der Waals surface area (Å²) in [5, 5.41) is 12.2. The van der Waals surface area contributed by atoms with Gasteiger partial charge in [0.1, 0.15) is 24.5 Å². The van der Waals surface area contributed by atoms with Gasteiger partial charge in [-0.15, -0.1) is 0 Å². The second-order valence-corrected chi connectivity index (χ2v) is 6.03. The number of hydrogen-bond acceptors (Lipinski definition) is 4. The third-order valence-corrected chi connectivity index (χ3v) is 4.07. The van der Waals surface area contributed by atoms with Gasteiger partial charge in [-0.1, -0.05) is 24.8 Å². The first kappa shape index (κ1) is 20.2. The van der Waals surface area contributed by atoms with E-state index in [1.165, 1.54) is 12.1 Å². The topological polar surface area (TPSA) is 75.6 Å². The molecule has 6 heteroatoms. The Hall–Kier alpha value is -3.15. The van der Waals surface area contributed by atoms with Crippen LogP contribution in [-0.2, 0) is 9.59 Å². The summed E-state index contributed by atoms with van der Waals surface area (Å²) in [4.78, 5) is 22.6. The van der Waals surface area contributed by atoms with Gasteiger partial charge in [0.25, 0.3) is 0 Å². The van der Waals surface area contributed by atoms with Crippen LogP contribution in [0.3, 0.4) is 0 Å². The minimum Gasteiger partial charge on any atom is -0.490 e. The van der Waals surface area contributed by atoms with Crippen molar-refractivity contribution in [3.63, 3.8) is 0 Å². The van der Waals surface area contributed by atoms with Crippen molar-refractivity contribution in [3.8, 4) is 5.75 Å². The van der Waals surface area contributed by atoms with E-state index in [9.17, 15) is 14.0 Å². The lowest BCUT2D eigenvalue weighted by Crippen LogP contribution is -2.23. The molecule has 0 aliphatic heterocycles. The summed E-state index contributed by atoms with van der Waals surface area (Å²) in [6.45, 7) is 3.98. The van der Waals surface area contributed by atoms with Gasteiger partial charge in [-0.05, 0) is 48.4 Å². The van der Waals surface area contributed by atoms with Crippen LogP contribution >= 0.6 is 0 Å². The Balaban J connectivity index is 2.26. The maximum absolute atomic E-state index is 13.2. The highest BCUT2D eigenvalue weighted by Gasteiger charge is 2.24. The Morgan fingerprint density at radius 3 is 2.41 bits per heavy atom. The molecule has 0 spiro atoms. The third kappa shape index (κ3) is 6.26. The molecular weight excluding hydrogens is 349 g/mol. The fourth-order valence-corrected chi connectivity index (χ4v) is 2.69. The van der Waals surface area contributed by atoms with Crippen molar-refractivity contribution in [1.29, 1.82) is 0 Å². The normalized spacial score (nSPS) is 12.6. The van der Waals surface area contributed by atoms with E-state index < -0.39 is 17.9 Å². The lowest BCUT2D eigenvalue weighted by atomic mass is 9.90. The van der Waals surface area contributed by atoms with Crippen LogP contribution in [0.4, 0.5) is 10.1 Å². The van der Waals surface area contributed by atoms with Gasteiger partial charge in [0.15, 0.2) is 0 Å². The molecule has 0 saturated carbocycles. The fraction of sp³-hybridized carbons (Fsp3) is 0.238. The summed E-state index contributed by atoms with van der Waals surface area (Å²) in [5.74, 6) is -1.23. The van der Waals surface area contributed by atoms with Crippen molar-refractivity contribution in [2.45, 2.75) is 18.9 Å². The van der Waals surface area contributed by atoms with E-state index in [0.717, 1.165) is 11.8 Å². The fourth-order valence-electron chi connectivity index (χ4n) is 2.69. The van der Waals surface area contributed by atoms with E-state index in [-0.39, 0.29) is 18.7 Å². The maximum atomic E-state index is 13.2. The first-order valence-corrected chi connectivity index (χ1v) is 8.56. The molecule has 2 aromatic carbocycles. The highest BCUT2D eigenvalue weighted by molar-refractivity contribution is 5.68. The molecule has 0 fully saturated rings. The standard InChI is InChI=1S/C21H22FNO4/c1-2-13-27-19-10-3-15(4-11-19)21(16(14-24)5-12-20(25)26)23-18-8-6-17(22)7-9-18/h2-4,6-11,14,16,21,23H,1,5,12-13H2,(H,25,26)/t16-,21+/m0/s1. The van der Waals surface area contributed by atoms with Gasteiger partial charge in [-0.3, -0.25) is 4.79 Å². The predicted molar refractivity (Wildman–Crippen MR) is 101 cm³/mol. The Morgan fingerprint density at radius 1 is 1.19 bits per heavy atom. The predicted octanol–water partition coefficient (Wildman–Crippen LogP) is 4.22. The van der Waals surface area contributed by atoms with Gasteiger partial charge in [-0.25, -0.2) is 4.39 Å². The van der Waals surface area contributed by atoms with E-state index in [1.54, 1.807) is 30.3 Å².